The number of benzene rings is 4. The molecule has 1 fully saturated rings. The van der Waals surface area contributed by atoms with E-state index in [0.717, 1.165) is 34.5 Å². The number of fused-ring (bicyclic) bond motifs is 1. The highest BCUT2D eigenvalue weighted by atomic mass is 35.5. The molecule has 45 heavy (non-hydrogen) atoms. The summed E-state index contributed by atoms with van der Waals surface area (Å²) in [5.41, 5.74) is 5.03. The summed E-state index contributed by atoms with van der Waals surface area (Å²) in [4.78, 5) is 44.8. The number of halogens is 1. The van der Waals surface area contributed by atoms with Crippen molar-refractivity contribution in [2.45, 2.75) is 24.9 Å². The number of carbonyl (C=O) groups excluding carboxylic acids is 3. The number of amides is 3. The second-order valence-electron chi connectivity index (χ2n) is 11.2. The van der Waals surface area contributed by atoms with Gasteiger partial charge in [0.25, 0.3) is 5.91 Å². The van der Waals surface area contributed by atoms with E-state index in [1.807, 2.05) is 97.5 Å². The van der Waals surface area contributed by atoms with Crippen molar-refractivity contribution in [1.82, 2.24) is 15.5 Å². The fourth-order valence-electron chi connectivity index (χ4n) is 5.96. The number of hydrogen-bond acceptors (Lipinski definition) is 5. The molecule has 1 saturated heterocycles. The first kappa shape index (κ1) is 30.4. The number of para-hydroxylation sites is 2. The van der Waals surface area contributed by atoms with Crippen LogP contribution >= 0.6 is 11.6 Å². The van der Waals surface area contributed by atoms with Crippen LogP contribution in [0.15, 0.2) is 103 Å². The molecule has 0 bridgehead atoms. The third-order valence-electron chi connectivity index (χ3n) is 8.31. The van der Waals surface area contributed by atoms with Crippen molar-refractivity contribution in [2.75, 3.05) is 36.4 Å². The molecule has 0 aromatic heterocycles. The van der Waals surface area contributed by atoms with Gasteiger partial charge in [-0.1, -0.05) is 78.3 Å². The Balaban J connectivity index is 1.16. The van der Waals surface area contributed by atoms with Crippen molar-refractivity contribution in [1.29, 1.82) is 0 Å². The number of piperazine rings is 1. The molecule has 229 valence electrons. The molecule has 2 atom stereocenters. The minimum atomic E-state index is -0.759. The average molecular weight is 621 g/mol. The lowest BCUT2D eigenvalue weighted by molar-refractivity contribution is -0.137. The van der Waals surface area contributed by atoms with Crippen LogP contribution in [0.4, 0.5) is 11.4 Å². The molecule has 2 aliphatic rings. The van der Waals surface area contributed by atoms with E-state index in [1.54, 1.807) is 17.0 Å². The normalized spacial score (nSPS) is 16.8. The van der Waals surface area contributed by atoms with Crippen molar-refractivity contribution in [2.24, 2.45) is 0 Å². The summed E-state index contributed by atoms with van der Waals surface area (Å²) in [6, 6.07) is 30.8. The molecule has 4 aromatic rings. The summed E-state index contributed by atoms with van der Waals surface area (Å²) in [7, 11) is 0. The summed E-state index contributed by atoms with van der Waals surface area (Å²) in [5.74, 6) is -0.569. The van der Waals surface area contributed by atoms with Crippen LogP contribution in [0.2, 0.25) is 5.02 Å². The first-order valence-corrected chi connectivity index (χ1v) is 15.5. The summed E-state index contributed by atoms with van der Waals surface area (Å²) in [6.07, 6.45) is 1.07. The van der Waals surface area contributed by atoms with Gasteiger partial charge in [-0.05, 0) is 59.5 Å². The van der Waals surface area contributed by atoms with E-state index in [1.165, 1.54) is 0 Å². The van der Waals surface area contributed by atoms with Crippen LogP contribution in [0.5, 0.6) is 0 Å². The van der Waals surface area contributed by atoms with Crippen molar-refractivity contribution >= 4 is 40.7 Å². The van der Waals surface area contributed by atoms with Gasteiger partial charge in [-0.2, -0.15) is 0 Å². The Bertz CT molecular complexity index is 1660. The topological polar surface area (TPSA) is 93.8 Å². The lowest BCUT2D eigenvalue weighted by Gasteiger charge is -2.38. The van der Waals surface area contributed by atoms with E-state index in [4.69, 9.17) is 11.6 Å². The van der Waals surface area contributed by atoms with Crippen LogP contribution in [0.25, 0.3) is 0 Å². The van der Waals surface area contributed by atoms with Crippen LogP contribution in [-0.2, 0) is 22.4 Å². The maximum atomic E-state index is 14.0. The van der Waals surface area contributed by atoms with Crippen molar-refractivity contribution in [3.05, 3.63) is 137 Å². The Morgan fingerprint density at radius 1 is 0.822 bits per heavy atom. The Labute approximate surface area is 268 Å². The molecule has 0 aliphatic carbocycles. The van der Waals surface area contributed by atoms with Gasteiger partial charge in [0.1, 0.15) is 12.1 Å². The van der Waals surface area contributed by atoms with Gasteiger partial charge >= 0.3 is 0 Å². The molecule has 3 amide bonds. The number of anilines is 2. The number of nitrogens with one attached hydrogen (secondary N) is 3. The Hall–Kier alpha value is -4.66. The summed E-state index contributed by atoms with van der Waals surface area (Å²) in [5, 5.41) is 9.85. The molecule has 3 N–H and O–H groups in total. The molecule has 1 unspecified atom stereocenters. The van der Waals surface area contributed by atoms with E-state index < -0.39 is 12.1 Å². The average Bonchev–Trinajstić information content (AvgIpc) is 3.09. The predicted octanol–water partition coefficient (Wildman–Crippen LogP) is 5.02. The second kappa shape index (κ2) is 14.0. The molecule has 8 nitrogen and oxygen atoms in total. The second-order valence-corrected chi connectivity index (χ2v) is 11.7. The zero-order valence-electron chi connectivity index (χ0n) is 24.8. The summed E-state index contributed by atoms with van der Waals surface area (Å²) >= 11 is 6.12. The molecule has 2 heterocycles. The predicted molar refractivity (Wildman–Crippen MR) is 177 cm³/mol. The largest absolute Gasteiger partial charge is 0.367 e. The summed E-state index contributed by atoms with van der Waals surface area (Å²) in [6.45, 7) is 3.91. The summed E-state index contributed by atoms with van der Waals surface area (Å²) < 4.78 is 0. The SMILES string of the molecule is O=C(Nc1ccccc1)c1ccccc1N1CCN(C(=O)[C@@H](Cc2ccc(Cl)cc2)NC(=O)C2N[CH]Cc3ccccc32)CC1. The van der Waals surface area contributed by atoms with Gasteiger partial charge < -0.3 is 20.4 Å². The first-order valence-electron chi connectivity index (χ1n) is 15.2. The molecule has 0 saturated carbocycles. The molecule has 2 aliphatic heterocycles. The number of hydrogen-bond donors (Lipinski definition) is 3. The van der Waals surface area contributed by atoms with Crippen LogP contribution in [0, 0.1) is 6.54 Å². The quantitative estimate of drug-likeness (QED) is 0.257. The van der Waals surface area contributed by atoms with Crippen LogP contribution in [-0.4, -0.2) is 54.8 Å². The Morgan fingerprint density at radius 3 is 2.29 bits per heavy atom. The monoisotopic (exact) mass is 620 g/mol. The van der Waals surface area contributed by atoms with E-state index >= 15 is 0 Å². The highest BCUT2D eigenvalue weighted by Gasteiger charge is 2.33. The third kappa shape index (κ3) is 7.19. The van der Waals surface area contributed by atoms with E-state index in [2.05, 4.69) is 20.9 Å². The Morgan fingerprint density at radius 2 is 1.51 bits per heavy atom. The maximum Gasteiger partial charge on any atom is 0.257 e. The molecule has 1 radical (unpaired) electrons. The smallest absolute Gasteiger partial charge is 0.257 e. The van der Waals surface area contributed by atoms with E-state index in [-0.39, 0.29) is 17.7 Å². The van der Waals surface area contributed by atoms with Crippen molar-refractivity contribution in [3.63, 3.8) is 0 Å². The lowest BCUT2D eigenvalue weighted by atomic mass is 9.93. The van der Waals surface area contributed by atoms with Gasteiger partial charge in [0.15, 0.2) is 0 Å². The van der Waals surface area contributed by atoms with Gasteiger partial charge in [-0.3, -0.25) is 19.7 Å². The number of rotatable bonds is 8. The molecule has 0 spiro atoms. The van der Waals surface area contributed by atoms with Crippen LogP contribution in [0.3, 0.4) is 0 Å². The maximum absolute atomic E-state index is 14.0. The lowest BCUT2D eigenvalue weighted by Crippen LogP contribution is -2.57. The van der Waals surface area contributed by atoms with Gasteiger partial charge in [-0.15, -0.1) is 0 Å². The van der Waals surface area contributed by atoms with Crippen LogP contribution in [0.1, 0.15) is 33.1 Å². The fraction of sp³-hybridized carbons (Fsp3) is 0.222. The number of nitrogens with zero attached hydrogens (tertiary/aromatic N) is 2. The fourth-order valence-corrected chi connectivity index (χ4v) is 6.08. The van der Waals surface area contributed by atoms with Crippen LogP contribution < -0.4 is 20.9 Å². The number of carbonyl (C=O) groups is 3. The zero-order valence-corrected chi connectivity index (χ0v) is 25.5. The highest BCUT2D eigenvalue weighted by molar-refractivity contribution is 6.30. The van der Waals surface area contributed by atoms with Crippen molar-refractivity contribution in [3.8, 4) is 0 Å². The van der Waals surface area contributed by atoms with E-state index in [0.29, 0.717) is 43.2 Å². The highest BCUT2D eigenvalue weighted by Crippen LogP contribution is 2.26. The minimum absolute atomic E-state index is 0.138. The van der Waals surface area contributed by atoms with E-state index in [9.17, 15) is 14.4 Å². The Kier molecular flexibility index (Phi) is 9.43. The van der Waals surface area contributed by atoms with Gasteiger partial charge in [0.05, 0.1) is 5.56 Å². The standard InChI is InChI=1S/C36H35ClN5O3/c37-27-16-14-25(15-17-27)24-31(40-35(44)33-29-11-5-4-8-26(29)18-19-38-33)36(45)42-22-20-41(21-23-42)32-13-7-6-12-30(32)34(43)39-28-9-2-1-3-10-28/h1-17,19,31,33,38H,18,20-24H2,(H,39,43)(H,40,44)/t31-,33?/m1/s1. The van der Waals surface area contributed by atoms with Gasteiger partial charge in [0, 0.05) is 55.5 Å². The molecule has 6 rings (SSSR count). The molecular weight excluding hydrogens is 586 g/mol. The zero-order chi connectivity index (χ0) is 31.2. The molecular formula is C36H35ClN5O3. The van der Waals surface area contributed by atoms with Gasteiger partial charge in [0.2, 0.25) is 11.8 Å². The minimum Gasteiger partial charge on any atom is -0.367 e. The van der Waals surface area contributed by atoms with Gasteiger partial charge in [-0.25, -0.2) is 0 Å². The third-order valence-corrected chi connectivity index (χ3v) is 8.57. The molecule has 9 heteroatoms. The first-order chi connectivity index (χ1) is 22.0. The van der Waals surface area contributed by atoms with Crippen molar-refractivity contribution < 1.29 is 14.4 Å². The molecule has 4 aromatic carbocycles.